The molecule has 3 aromatic rings. The van der Waals surface area contributed by atoms with Crippen LogP contribution >= 0.6 is 11.3 Å². The molecule has 2 aromatic carbocycles. The molecule has 8 heteroatoms. The number of thiophene rings is 1. The number of methoxy groups -OCH3 is 1. The number of hydrogen-bond donors (Lipinski definition) is 2. The van der Waals surface area contributed by atoms with Crippen molar-refractivity contribution in [1.82, 2.24) is 5.01 Å². The maximum atomic E-state index is 12.7. The van der Waals surface area contributed by atoms with Crippen molar-refractivity contribution in [3.8, 4) is 11.5 Å². The van der Waals surface area contributed by atoms with Crippen LogP contribution in [0.3, 0.4) is 0 Å². The molecule has 2 N–H and O–H groups in total. The van der Waals surface area contributed by atoms with Crippen LogP contribution in [0.1, 0.15) is 40.6 Å². The van der Waals surface area contributed by atoms with Gasteiger partial charge in [-0.3, -0.25) is 9.59 Å². The van der Waals surface area contributed by atoms with E-state index in [1.165, 1.54) is 23.5 Å². The number of carbonyl (C=O) groups excluding carboxylic acids is 2. The summed E-state index contributed by atoms with van der Waals surface area (Å²) in [4.78, 5) is 25.6. The van der Waals surface area contributed by atoms with E-state index in [0.29, 0.717) is 29.3 Å². The third kappa shape index (κ3) is 5.06. The number of ether oxygens (including phenoxy) is 1. The van der Waals surface area contributed by atoms with Gasteiger partial charge in [0.1, 0.15) is 0 Å². The van der Waals surface area contributed by atoms with E-state index in [1.54, 1.807) is 18.2 Å². The first kappa shape index (κ1) is 22.5. The average Bonchev–Trinajstić information content (AvgIpc) is 3.36. The molecule has 0 radical (unpaired) electrons. The second-order valence-electron chi connectivity index (χ2n) is 7.76. The molecular formula is C25H25N3O4S. The van der Waals surface area contributed by atoms with E-state index in [2.05, 4.69) is 10.4 Å². The fourth-order valence-corrected chi connectivity index (χ4v) is 4.37. The molecule has 33 heavy (non-hydrogen) atoms. The van der Waals surface area contributed by atoms with E-state index in [0.717, 1.165) is 23.3 Å². The minimum atomic E-state index is -0.147. The second-order valence-corrected chi connectivity index (χ2v) is 8.71. The number of nitrogens with one attached hydrogen (secondary N) is 1. The molecule has 7 nitrogen and oxygen atoms in total. The fraction of sp³-hybridized carbons (Fsp3) is 0.240. The van der Waals surface area contributed by atoms with Crippen LogP contribution in [0, 0.1) is 5.92 Å². The molecule has 4 rings (SSSR count). The number of anilines is 1. The number of rotatable bonds is 7. The minimum absolute atomic E-state index is 0.0172. The first-order chi connectivity index (χ1) is 16.0. The van der Waals surface area contributed by atoms with E-state index in [1.807, 2.05) is 48.7 Å². The Morgan fingerprint density at radius 2 is 2.03 bits per heavy atom. The molecule has 0 saturated carbocycles. The van der Waals surface area contributed by atoms with Gasteiger partial charge in [0.25, 0.3) is 5.91 Å². The van der Waals surface area contributed by atoms with E-state index in [-0.39, 0.29) is 23.5 Å². The minimum Gasteiger partial charge on any atom is -0.504 e. The van der Waals surface area contributed by atoms with Gasteiger partial charge in [-0.05, 0) is 53.8 Å². The van der Waals surface area contributed by atoms with Gasteiger partial charge in [-0.15, -0.1) is 11.3 Å². The third-order valence-electron chi connectivity index (χ3n) is 5.58. The SMILES string of the molecule is CCC1CC(=O)N(Cc2ccc(NC(=O)c3cccs3)cc2)N=C1c1ccc(OC)c(O)c1. The lowest BCUT2D eigenvalue weighted by atomic mass is 9.89. The zero-order valence-electron chi connectivity index (χ0n) is 18.4. The number of aromatic hydroxyl groups is 1. The van der Waals surface area contributed by atoms with Gasteiger partial charge in [-0.25, -0.2) is 5.01 Å². The number of phenols is 1. The van der Waals surface area contributed by atoms with Crippen LogP contribution in [0.2, 0.25) is 0 Å². The van der Waals surface area contributed by atoms with Gasteiger partial charge in [0.15, 0.2) is 11.5 Å². The van der Waals surface area contributed by atoms with Crippen molar-refractivity contribution in [3.05, 3.63) is 76.0 Å². The van der Waals surface area contributed by atoms with Crippen LogP contribution in [0.4, 0.5) is 5.69 Å². The highest BCUT2D eigenvalue weighted by atomic mass is 32.1. The van der Waals surface area contributed by atoms with Gasteiger partial charge in [-0.1, -0.05) is 25.1 Å². The standard InChI is InChI=1S/C25H25N3O4S/c1-3-17-14-23(30)28(27-24(17)18-8-11-21(32-2)20(29)13-18)15-16-6-9-19(10-7-16)26-25(31)22-5-4-12-33-22/h4-13,17,29H,3,14-15H2,1-2H3,(H,26,31). The molecule has 1 aromatic heterocycles. The number of nitrogens with zero attached hydrogens (tertiary/aromatic N) is 2. The van der Waals surface area contributed by atoms with Crippen LogP contribution in [-0.2, 0) is 11.3 Å². The summed E-state index contributed by atoms with van der Waals surface area (Å²) < 4.78 is 5.13. The van der Waals surface area contributed by atoms with E-state index in [4.69, 9.17) is 4.74 Å². The highest BCUT2D eigenvalue weighted by Gasteiger charge is 2.29. The summed E-state index contributed by atoms with van der Waals surface area (Å²) in [7, 11) is 1.50. The van der Waals surface area contributed by atoms with E-state index >= 15 is 0 Å². The van der Waals surface area contributed by atoms with Crippen molar-refractivity contribution in [1.29, 1.82) is 0 Å². The van der Waals surface area contributed by atoms with Crippen molar-refractivity contribution < 1.29 is 19.4 Å². The Morgan fingerprint density at radius 1 is 1.24 bits per heavy atom. The lowest BCUT2D eigenvalue weighted by Gasteiger charge is -2.29. The van der Waals surface area contributed by atoms with Crippen LogP contribution in [0.5, 0.6) is 11.5 Å². The molecule has 2 amide bonds. The predicted molar refractivity (Wildman–Crippen MR) is 129 cm³/mol. The van der Waals surface area contributed by atoms with Crippen LogP contribution in [-0.4, -0.2) is 34.8 Å². The van der Waals surface area contributed by atoms with Gasteiger partial charge in [-0.2, -0.15) is 5.10 Å². The number of phenolic OH excluding ortho intramolecular Hbond substituents is 1. The topological polar surface area (TPSA) is 91.2 Å². The molecule has 0 spiro atoms. The largest absolute Gasteiger partial charge is 0.504 e. The van der Waals surface area contributed by atoms with Crippen LogP contribution in [0.25, 0.3) is 0 Å². The number of hydrogen-bond acceptors (Lipinski definition) is 6. The van der Waals surface area contributed by atoms with Gasteiger partial charge in [0.2, 0.25) is 5.91 Å². The summed E-state index contributed by atoms with van der Waals surface area (Å²) in [6.07, 6.45) is 1.13. The fourth-order valence-electron chi connectivity index (χ4n) is 3.75. The summed E-state index contributed by atoms with van der Waals surface area (Å²) in [6, 6.07) is 16.2. The van der Waals surface area contributed by atoms with Gasteiger partial charge in [0.05, 0.1) is 24.2 Å². The smallest absolute Gasteiger partial charge is 0.265 e. The molecule has 1 aliphatic rings. The predicted octanol–water partition coefficient (Wildman–Crippen LogP) is 4.88. The molecule has 1 atom stereocenters. The quantitative estimate of drug-likeness (QED) is 0.523. The van der Waals surface area contributed by atoms with Crippen LogP contribution in [0.15, 0.2) is 65.1 Å². The summed E-state index contributed by atoms with van der Waals surface area (Å²) in [5.41, 5.74) is 3.12. The zero-order chi connectivity index (χ0) is 23.4. The second kappa shape index (κ2) is 9.87. The van der Waals surface area contributed by atoms with Crippen molar-refractivity contribution in [2.24, 2.45) is 11.0 Å². The molecule has 170 valence electrons. The van der Waals surface area contributed by atoms with Crippen molar-refractivity contribution in [2.75, 3.05) is 12.4 Å². The maximum Gasteiger partial charge on any atom is 0.265 e. The summed E-state index contributed by atoms with van der Waals surface area (Å²) in [5, 5.41) is 21.1. The third-order valence-corrected chi connectivity index (χ3v) is 6.45. The Morgan fingerprint density at radius 3 is 2.67 bits per heavy atom. The Bertz CT molecular complexity index is 1170. The molecule has 0 fully saturated rings. The number of carbonyl (C=O) groups is 2. The van der Waals surface area contributed by atoms with Crippen molar-refractivity contribution >= 4 is 34.6 Å². The van der Waals surface area contributed by atoms with Gasteiger partial charge in [0, 0.05) is 23.6 Å². The van der Waals surface area contributed by atoms with E-state index < -0.39 is 0 Å². The first-order valence-corrected chi connectivity index (χ1v) is 11.6. The molecular weight excluding hydrogens is 438 g/mol. The Hall–Kier alpha value is -3.65. The number of hydrazone groups is 1. The number of amides is 2. The monoisotopic (exact) mass is 463 g/mol. The summed E-state index contributed by atoms with van der Waals surface area (Å²) >= 11 is 1.39. The normalized spacial score (nSPS) is 15.8. The van der Waals surface area contributed by atoms with E-state index in [9.17, 15) is 14.7 Å². The molecule has 0 aliphatic carbocycles. The summed E-state index contributed by atoms with van der Waals surface area (Å²) in [5.74, 6) is 0.222. The zero-order valence-corrected chi connectivity index (χ0v) is 19.3. The summed E-state index contributed by atoms with van der Waals surface area (Å²) in [6.45, 7) is 2.34. The van der Waals surface area contributed by atoms with Gasteiger partial charge < -0.3 is 15.2 Å². The lowest BCUT2D eigenvalue weighted by molar-refractivity contribution is -0.133. The molecule has 1 unspecified atom stereocenters. The average molecular weight is 464 g/mol. The van der Waals surface area contributed by atoms with Crippen molar-refractivity contribution in [2.45, 2.75) is 26.3 Å². The van der Waals surface area contributed by atoms with Gasteiger partial charge >= 0.3 is 0 Å². The molecule has 2 heterocycles. The Balaban J connectivity index is 1.51. The number of benzene rings is 2. The molecule has 0 saturated heterocycles. The Kier molecular flexibility index (Phi) is 6.74. The molecule has 1 aliphatic heterocycles. The van der Waals surface area contributed by atoms with Crippen molar-refractivity contribution in [3.63, 3.8) is 0 Å². The molecule has 0 bridgehead atoms. The maximum absolute atomic E-state index is 12.7. The first-order valence-electron chi connectivity index (χ1n) is 10.7. The lowest BCUT2D eigenvalue weighted by Crippen LogP contribution is -2.36. The Labute approximate surface area is 196 Å². The highest BCUT2D eigenvalue weighted by molar-refractivity contribution is 7.12. The highest BCUT2D eigenvalue weighted by Crippen LogP contribution is 2.31. The van der Waals surface area contributed by atoms with Crippen LogP contribution < -0.4 is 10.1 Å².